The van der Waals surface area contributed by atoms with Gasteiger partial charge in [-0.05, 0) is 58.6 Å². The molecule has 0 aliphatic carbocycles. The number of nitrogens with one attached hydrogen (secondary N) is 1. The van der Waals surface area contributed by atoms with E-state index >= 15 is 0 Å². The summed E-state index contributed by atoms with van der Waals surface area (Å²) in [6.45, 7) is 11.9. The Kier molecular flexibility index (Phi) is 6.40. The van der Waals surface area contributed by atoms with Crippen molar-refractivity contribution in [3.05, 3.63) is 17.0 Å². The fourth-order valence-electron chi connectivity index (χ4n) is 2.75. The number of amides is 1. The predicted octanol–water partition coefficient (Wildman–Crippen LogP) is 2.09. The first-order chi connectivity index (χ1) is 9.85. The maximum Gasteiger partial charge on any atom is 0.237 e. The third-order valence-electron chi connectivity index (χ3n) is 4.24. The maximum absolute atomic E-state index is 11.7. The summed E-state index contributed by atoms with van der Waals surface area (Å²) in [5.74, 6) is -0.279. The van der Waals surface area contributed by atoms with Gasteiger partial charge in [0.25, 0.3) is 0 Å². The van der Waals surface area contributed by atoms with Crippen LogP contribution in [0.15, 0.2) is 0 Å². The molecule has 1 amide bonds. The molecule has 0 spiro atoms. The lowest BCUT2D eigenvalue weighted by Crippen LogP contribution is -2.53. The number of nitrogens with zero attached hydrogens (tertiary/aromatic N) is 2. The number of hydrogen-bond donors (Lipinski definition) is 2. The molecule has 0 aromatic carbocycles. The SMILES string of the molecule is CCCNC(C)(CCCn1nc(C)c(CC)c1C)C(N)=O. The van der Waals surface area contributed by atoms with E-state index in [1.54, 1.807) is 0 Å². The lowest BCUT2D eigenvalue weighted by atomic mass is 9.94. The highest BCUT2D eigenvalue weighted by Crippen LogP contribution is 2.17. The summed E-state index contributed by atoms with van der Waals surface area (Å²) in [6.07, 6.45) is 3.60. The second-order valence-electron chi connectivity index (χ2n) is 5.95. The Hall–Kier alpha value is -1.36. The average molecular weight is 294 g/mol. The number of hydrogen-bond acceptors (Lipinski definition) is 3. The summed E-state index contributed by atoms with van der Waals surface area (Å²) in [4.78, 5) is 11.7. The van der Waals surface area contributed by atoms with E-state index in [4.69, 9.17) is 5.73 Å². The van der Waals surface area contributed by atoms with E-state index in [9.17, 15) is 4.79 Å². The molecule has 5 heteroatoms. The highest BCUT2D eigenvalue weighted by atomic mass is 16.1. The fraction of sp³-hybridized carbons (Fsp3) is 0.750. The number of carbonyl (C=O) groups is 1. The molecule has 1 rings (SSSR count). The van der Waals surface area contributed by atoms with Crippen LogP contribution in [0.4, 0.5) is 0 Å². The molecule has 0 bridgehead atoms. The number of aryl methyl sites for hydroxylation is 2. The zero-order chi connectivity index (χ0) is 16.0. The molecule has 1 atom stereocenters. The highest BCUT2D eigenvalue weighted by Gasteiger charge is 2.29. The van der Waals surface area contributed by atoms with Crippen LogP contribution in [-0.2, 0) is 17.8 Å². The van der Waals surface area contributed by atoms with Gasteiger partial charge in [0.1, 0.15) is 0 Å². The Morgan fingerprint density at radius 2 is 2.05 bits per heavy atom. The van der Waals surface area contributed by atoms with Gasteiger partial charge in [-0.15, -0.1) is 0 Å². The topological polar surface area (TPSA) is 72.9 Å². The van der Waals surface area contributed by atoms with Crippen molar-refractivity contribution in [1.82, 2.24) is 15.1 Å². The minimum absolute atomic E-state index is 0.279. The van der Waals surface area contributed by atoms with Crippen molar-refractivity contribution in [2.75, 3.05) is 6.54 Å². The maximum atomic E-state index is 11.7. The number of primary amides is 1. The first-order valence-electron chi connectivity index (χ1n) is 7.93. The van der Waals surface area contributed by atoms with E-state index in [1.165, 1.54) is 11.3 Å². The van der Waals surface area contributed by atoms with Crippen molar-refractivity contribution >= 4 is 5.91 Å². The molecule has 0 saturated heterocycles. The minimum atomic E-state index is -0.625. The smallest absolute Gasteiger partial charge is 0.237 e. The Morgan fingerprint density at radius 1 is 1.38 bits per heavy atom. The van der Waals surface area contributed by atoms with E-state index in [0.717, 1.165) is 44.5 Å². The normalized spacial score (nSPS) is 14.1. The van der Waals surface area contributed by atoms with Gasteiger partial charge in [0.2, 0.25) is 5.91 Å². The van der Waals surface area contributed by atoms with Crippen LogP contribution in [0.5, 0.6) is 0 Å². The molecule has 3 N–H and O–H groups in total. The van der Waals surface area contributed by atoms with Crippen LogP contribution in [0, 0.1) is 13.8 Å². The molecule has 1 aromatic rings. The molecule has 21 heavy (non-hydrogen) atoms. The molecule has 120 valence electrons. The number of aromatic nitrogens is 2. The zero-order valence-electron chi connectivity index (χ0n) is 14.1. The van der Waals surface area contributed by atoms with Crippen LogP contribution in [0.3, 0.4) is 0 Å². The van der Waals surface area contributed by atoms with Gasteiger partial charge in [-0.1, -0.05) is 13.8 Å². The van der Waals surface area contributed by atoms with Crippen molar-refractivity contribution in [1.29, 1.82) is 0 Å². The molecule has 0 radical (unpaired) electrons. The average Bonchev–Trinajstić information content (AvgIpc) is 2.70. The van der Waals surface area contributed by atoms with Gasteiger partial charge in [0, 0.05) is 12.2 Å². The van der Waals surface area contributed by atoms with Crippen LogP contribution >= 0.6 is 0 Å². The molecule has 1 heterocycles. The van der Waals surface area contributed by atoms with Crippen LogP contribution in [0.25, 0.3) is 0 Å². The third kappa shape index (κ3) is 4.30. The first kappa shape index (κ1) is 17.7. The number of carbonyl (C=O) groups excluding carboxylic acids is 1. The minimum Gasteiger partial charge on any atom is -0.368 e. The van der Waals surface area contributed by atoms with Crippen LogP contribution in [0.1, 0.15) is 57.0 Å². The van der Waals surface area contributed by atoms with Crippen molar-refractivity contribution in [2.24, 2.45) is 5.73 Å². The molecule has 5 nitrogen and oxygen atoms in total. The lowest BCUT2D eigenvalue weighted by Gasteiger charge is -2.27. The van der Waals surface area contributed by atoms with Crippen molar-refractivity contribution in [3.8, 4) is 0 Å². The molecule has 1 unspecified atom stereocenters. The van der Waals surface area contributed by atoms with Gasteiger partial charge in [0.05, 0.1) is 11.2 Å². The van der Waals surface area contributed by atoms with Crippen molar-refractivity contribution in [2.45, 2.75) is 72.4 Å². The standard InChI is InChI=1S/C16H30N4O/c1-6-10-18-16(5,15(17)21)9-8-11-20-13(4)14(7-2)12(3)19-20/h18H,6-11H2,1-5H3,(H2,17,21). The van der Waals surface area contributed by atoms with Crippen LogP contribution in [0.2, 0.25) is 0 Å². The van der Waals surface area contributed by atoms with Gasteiger partial charge in [-0.2, -0.15) is 5.10 Å². The van der Waals surface area contributed by atoms with Gasteiger partial charge in [-0.3, -0.25) is 9.48 Å². The second kappa shape index (κ2) is 7.59. The van der Waals surface area contributed by atoms with Gasteiger partial charge < -0.3 is 11.1 Å². The Labute approximate surface area is 128 Å². The number of rotatable bonds is 9. The quantitative estimate of drug-likeness (QED) is 0.732. The monoisotopic (exact) mass is 294 g/mol. The molecule has 1 aromatic heterocycles. The Bertz CT molecular complexity index is 481. The molecule has 0 fully saturated rings. The molecular weight excluding hydrogens is 264 g/mol. The van der Waals surface area contributed by atoms with E-state index in [0.29, 0.717) is 0 Å². The zero-order valence-corrected chi connectivity index (χ0v) is 14.1. The van der Waals surface area contributed by atoms with Crippen LogP contribution in [-0.4, -0.2) is 27.8 Å². The summed E-state index contributed by atoms with van der Waals surface area (Å²) < 4.78 is 2.05. The largest absolute Gasteiger partial charge is 0.368 e. The fourth-order valence-corrected chi connectivity index (χ4v) is 2.75. The molecule has 0 aliphatic heterocycles. The summed E-state index contributed by atoms with van der Waals surface area (Å²) in [5, 5.41) is 7.86. The van der Waals surface area contributed by atoms with Crippen molar-refractivity contribution in [3.63, 3.8) is 0 Å². The molecule has 0 aliphatic rings. The first-order valence-corrected chi connectivity index (χ1v) is 7.93. The third-order valence-corrected chi connectivity index (χ3v) is 4.24. The van der Waals surface area contributed by atoms with E-state index < -0.39 is 5.54 Å². The van der Waals surface area contributed by atoms with Gasteiger partial charge in [0.15, 0.2) is 0 Å². The second-order valence-corrected chi connectivity index (χ2v) is 5.95. The number of nitrogens with two attached hydrogens (primary N) is 1. The molecule has 0 saturated carbocycles. The highest BCUT2D eigenvalue weighted by molar-refractivity contribution is 5.84. The summed E-state index contributed by atoms with van der Waals surface area (Å²) >= 11 is 0. The van der Waals surface area contributed by atoms with E-state index in [-0.39, 0.29) is 5.91 Å². The molecular formula is C16H30N4O. The van der Waals surface area contributed by atoms with Crippen LogP contribution < -0.4 is 11.1 Å². The summed E-state index contributed by atoms with van der Waals surface area (Å²) in [6, 6.07) is 0. The Morgan fingerprint density at radius 3 is 2.52 bits per heavy atom. The van der Waals surface area contributed by atoms with Gasteiger partial charge >= 0.3 is 0 Å². The predicted molar refractivity (Wildman–Crippen MR) is 86.2 cm³/mol. The van der Waals surface area contributed by atoms with Crippen molar-refractivity contribution < 1.29 is 4.79 Å². The van der Waals surface area contributed by atoms with E-state index in [1.807, 2.05) is 6.92 Å². The van der Waals surface area contributed by atoms with Gasteiger partial charge in [-0.25, -0.2) is 0 Å². The Balaban J connectivity index is 2.64. The van der Waals surface area contributed by atoms with E-state index in [2.05, 4.69) is 42.8 Å². The summed E-state index contributed by atoms with van der Waals surface area (Å²) in [7, 11) is 0. The summed E-state index contributed by atoms with van der Waals surface area (Å²) in [5.41, 5.74) is 8.59. The lowest BCUT2D eigenvalue weighted by molar-refractivity contribution is -0.124.